The summed E-state index contributed by atoms with van der Waals surface area (Å²) in [4.78, 5) is 2.25. The van der Waals surface area contributed by atoms with Crippen molar-refractivity contribution in [2.75, 3.05) is 6.54 Å². The van der Waals surface area contributed by atoms with Crippen molar-refractivity contribution >= 4 is 10.9 Å². The Labute approximate surface area is 133 Å². The van der Waals surface area contributed by atoms with E-state index in [0.717, 1.165) is 23.0 Å². The van der Waals surface area contributed by atoms with Crippen LogP contribution in [0.1, 0.15) is 23.6 Å². The zero-order valence-corrected chi connectivity index (χ0v) is 12.6. The molecule has 1 aliphatic rings. The summed E-state index contributed by atoms with van der Waals surface area (Å²) < 4.78 is 13.1. The van der Waals surface area contributed by atoms with Gasteiger partial charge < -0.3 is 5.11 Å². The highest BCUT2D eigenvalue weighted by Gasteiger charge is 2.31. The number of aromatic amines is 1. The maximum Gasteiger partial charge on any atom is 0.123 e. The molecule has 3 aromatic rings. The normalized spacial score (nSPS) is 22.0. The molecule has 1 aliphatic heterocycles. The Hall–Kier alpha value is -2.24. The molecule has 118 valence electrons. The fourth-order valence-electron chi connectivity index (χ4n) is 3.40. The predicted octanol–water partition coefficient (Wildman–Crippen LogP) is 3.01. The summed E-state index contributed by atoms with van der Waals surface area (Å²) in [5.74, 6) is -0.233. The minimum absolute atomic E-state index is 0.114. The average molecular weight is 311 g/mol. The predicted molar refractivity (Wildman–Crippen MR) is 86.3 cm³/mol. The van der Waals surface area contributed by atoms with Crippen molar-refractivity contribution in [3.8, 4) is 0 Å². The molecule has 2 unspecified atom stereocenters. The number of rotatable bonds is 3. The molecular weight excluding hydrogens is 293 g/mol. The number of benzene rings is 2. The Morgan fingerprint density at radius 3 is 2.87 bits per heavy atom. The van der Waals surface area contributed by atoms with Crippen LogP contribution in [0.25, 0.3) is 10.9 Å². The summed E-state index contributed by atoms with van der Waals surface area (Å²) in [7, 11) is 0. The van der Waals surface area contributed by atoms with E-state index < -0.39 is 0 Å². The van der Waals surface area contributed by atoms with E-state index in [2.05, 4.69) is 27.2 Å². The van der Waals surface area contributed by atoms with Gasteiger partial charge >= 0.3 is 0 Å². The molecule has 0 amide bonds. The van der Waals surface area contributed by atoms with E-state index in [9.17, 15) is 9.50 Å². The molecule has 4 rings (SSSR count). The summed E-state index contributed by atoms with van der Waals surface area (Å²) in [5, 5.41) is 18.2. The van der Waals surface area contributed by atoms with Crippen molar-refractivity contribution in [2.45, 2.75) is 25.1 Å². The van der Waals surface area contributed by atoms with Crippen LogP contribution in [-0.4, -0.2) is 32.9 Å². The van der Waals surface area contributed by atoms with Crippen molar-refractivity contribution in [3.05, 3.63) is 65.6 Å². The van der Waals surface area contributed by atoms with Gasteiger partial charge in [0.1, 0.15) is 5.82 Å². The summed E-state index contributed by atoms with van der Waals surface area (Å²) >= 11 is 0. The summed E-state index contributed by atoms with van der Waals surface area (Å²) in [6.45, 7) is 1.37. The van der Waals surface area contributed by atoms with Crippen LogP contribution in [0.3, 0.4) is 0 Å². The van der Waals surface area contributed by atoms with E-state index in [1.54, 1.807) is 6.20 Å². The van der Waals surface area contributed by atoms with Crippen LogP contribution in [0, 0.1) is 5.82 Å². The third-order valence-corrected chi connectivity index (χ3v) is 4.53. The summed E-state index contributed by atoms with van der Waals surface area (Å²) in [6.07, 6.45) is 2.14. The van der Waals surface area contributed by atoms with Gasteiger partial charge in [-0.3, -0.25) is 10.00 Å². The molecule has 2 aromatic carbocycles. The Morgan fingerprint density at radius 2 is 2.04 bits per heavy atom. The van der Waals surface area contributed by atoms with E-state index in [0.29, 0.717) is 13.0 Å². The van der Waals surface area contributed by atoms with Crippen molar-refractivity contribution < 1.29 is 9.50 Å². The third kappa shape index (κ3) is 2.85. The first kappa shape index (κ1) is 14.4. The number of β-amino-alcohol motifs (C(OH)–C–C–N with tert-alkyl or cyclic N) is 1. The topological polar surface area (TPSA) is 52.1 Å². The number of aromatic nitrogens is 2. The number of H-pyrrole nitrogens is 1. The quantitative estimate of drug-likeness (QED) is 0.782. The van der Waals surface area contributed by atoms with Crippen molar-refractivity contribution in [1.29, 1.82) is 0 Å². The molecule has 0 saturated carbocycles. The van der Waals surface area contributed by atoms with Gasteiger partial charge in [0.25, 0.3) is 0 Å². The van der Waals surface area contributed by atoms with Gasteiger partial charge in [-0.25, -0.2) is 4.39 Å². The SMILES string of the molecule is OC1CC(c2ccc(F)cc2)N(Cc2ccc3cn[nH]c3c2)C1. The number of aliphatic hydroxyl groups excluding tert-OH is 1. The van der Waals surface area contributed by atoms with Gasteiger partial charge in [0.15, 0.2) is 0 Å². The molecule has 23 heavy (non-hydrogen) atoms. The molecule has 0 bridgehead atoms. The molecule has 2 heterocycles. The highest BCUT2D eigenvalue weighted by atomic mass is 19.1. The van der Waals surface area contributed by atoms with Crippen molar-refractivity contribution in [3.63, 3.8) is 0 Å². The number of aliphatic hydroxyl groups is 1. The lowest BCUT2D eigenvalue weighted by Gasteiger charge is -2.24. The lowest BCUT2D eigenvalue weighted by atomic mass is 10.0. The van der Waals surface area contributed by atoms with Gasteiger partial charge in [-0.2, -0.15) is 5.10 Å². The van der Waals surface area contributed by atoms with Gasteiger partial charge in [0, 0.05) is 24.5 Å². The number of nitrogens with one attached hydrogen (secondary N) is 1. The zero-order chi connectivity index (χ0) is 15.8. The summed E-state index contributed by atoms with van der Waals surface area (Å²) in [6, 6.07) is 12.9. The van der Waals surface area contributed by atoms with Crippen LogP contribution in [0.2, 0.25) is 0 Å². The first-order chi connectivity index (χ1) is 11.2. The van der Waals surface area contributed by atoms with Gasteiger partial charge in [-0.1, -0.05) is 24.3 Å². The van der Waals surface area contributed by atoms with E-state index >= 15 is 0 Å². The molecule has 1 aromatic heterocycles. The number of likely N-dealkylation sites (tertiary alicyclic amines) is 1. The largest absolute Gasteiger partial charge is 0.392 e. The number of nitrogens with zero attached hydrogens (tertiary/aromatic N) is 2. The number of halogens is 1. The molecule has 1 saturated heterocycles. The highest BCUT2D eigenvalue weighted by molar-refractivity contribution is 5.78. The zero-order valence-electron chi connectivity index (χ0n) is 12.6. The van der Waals surface area contributed by atoms with Crippen LogP contribution in [-0.2, 0) is 6.54 Å². The number of hydrogen-bond acceptors (Lipinski definition) is 3. The first-order valence-corrected chi connectivity index (χ1v) is 7.78. The monoisotopic (exact) mass is 311 g/mol. The standard InChI is InChI=1S/C18H18FN3O/c19-15-5-3-13(4-6-15)18-8-16(23)11-22(18)10-12-1-2-14-9-20-21-17(14)7-12/h1-7,9,16,18,23H,8,10-11H2,(H,20,21). The molecule has 0 spiro atoms. The summed E-state index contributed by atoms with van der Waals surface area (Å²) in [5.41, 5.74) is 3.23. The van der Waals surface area contributed by atoms with E-state index in [4.69, 9.17) is 0 Å². The van der Waals surface area contributed by atoms with Gasteiger partial charge in [-0.05, 0) is 35.7 Å². The van der Waals surface area contributed by atoms with E-state index in [1.807, 2.05) is 18.2 Å². The third-order valence-electron chi connectivity index (χ3n) is 4.53. The first-order valence-electron chi connectivity index (χ1n) is 7.78. The number of hydrogen-bond donors (Lipinski definition) is 2. The Balaban J connectivity index is 1.59. The molecule has 0 aliphatic carbocycles. The van der Waals surface area contributed by atoms with Gasteiger partial charge in [0.05, 0.1) is 17.8 Å². The molecular formula is C18H18FN3O. The molecule has 5 heteroatoms. The molecule has 1 fully saturated rings. The van der Waals surface area contributed by atoms with Crippen LogP contribution in [0.4, 0.5) is 4.39 Å². The molecule has 0 radical (unpaired) electrons. The molecule has 2 N–H and O–H groups in total. The molecule has 4 nitrogen and oxygen atoms in total. The maximum absolute atomic E-state index is 13.1. The second-order valence-corrected chi connectivity index (χ2v) is 6.18. The fourth-order valence-corrected chi connectivity index (χ4v) is 3.40. The minimum atomic E-state index is -0.346. The average Bonchev–Trinajstić information content (AvgIpc) is 3.14. The van der Waals surface area contributed by atoms with Crippen molar-refractivity contribution in [1.82, 2.24) is 15.1 Å². The van der Waals surface area contributed by atoms with Crippen LogP contribution >= 0.6 is 0 Å². The lowest BCUT2D eigenvalue weighted by molar-refractivity contribution is 0.172. The Morgan fingerprint density at radius 1 is 1.22 bits per heavy atom. The van der Waals surface area contributed by atoms with E-state index in [1.165, 1.54) is 17.7 Å². The van der Waals surface area contributed by atoms with Crippen LogP contribution in [0.5, 0.6) is 0 Å². The second-order valence-electron chi connectivity index (χ2n) is 6.18. The Kier molecular flexibility index (Phi) is 3.59. The lowest BCUT2D eigenvalue weighted by Crippen LogP contribution is -2.24. The van der Waals surface area contributed by atoms with Gasteiger partial charge in [0.2, 0.25) is 0 Å². The Bertz CT molecular complexity index is 815. The minimum Gasteiger partial charge on any atom is -0.392 e. The van der Waals surface area contributed by atoms with Crippen LogP contribution in [0.15, 0.2) is 48.7 Å². The fraction of sp³-hybridized carbons (Fsp3) is 0.278. The van der Waals surface area contributed by atoms with Crippen LogP contribution < -0.4 is 0 Å². The maximum atomic E-state index is 13.1. The van der Waals surface area contributed by atoms with Crippen molar-refractivity contribution in [2.24, 2.45) is 0 Å². The van der Waals surface area contributed by atoms with Gasteiger partial charge in [-0.15, -0.1) is 0 Å². The smallest absolute Gasteiger partial charge is 0.123 e. The van der Waals surface area contributed by atoms with E-state index in [-0.39, 0.29) is 18.0 Å². The second kappa shape index (κ2) is 5.76. The number of fused-ring (bicyclic) bond motifs is 1. The molecule has 2 atom stereocenters. The highest BCUT2D eigenvalue weighted by Crippen LogP contribution is 2.33.